The van der Waals surface area contributed by atoms with Gasteiger partial charge in [0.05, 0.1) is 5.01 Å². The molecule has 3 rings (SSSR count). The van der Waals surface area contributed by atoms with Gasteiger partial charge in [-0.25, -0.2) is 13.8 Å². The maximum atomic E-state index is 12.8. The topological polar surface area (TPSA) is 59.2 Å². The number of likely N-dealkylation sites (N-methyl/N-ethyl adjacent to an activating group) is 1. The van der Waals surface area contributed by atoms with E-state index in [2.05, 4.69) is 20.3 Å². The van der Waals surface area contributed by atoms with E-state index in [1.807, 2.05) is 17.3 Å². The average Bonchev–Trinajstić information content (AvgIpc) is 3.13. The van der Waals surface area contributed by atoms with Crippen LogP contribution in [0.4, 0.5) is 14.6 Å². The Morgan fingerprint density at radius 3 is 2.90 bits per heavy atom. The van der Waals surface area contributed by atoms with Gasteiger partial charge >= 0.3 is 0 Å². The molecule has 3 aromatic rings. The van der Waals surface area contributed by atoms with Crippen LogP contribution in [0, 0.1) is 0 Å². The second kappa shape index (κ2) is 5.68. The lowest BCUT2D eigenvalue weighted by atomic mass is 10.4. The summed E-state index contributed by atoms with van der Waals surface area (Å²) >= 11 is 1.59. The minimum Gasteiger partial charge on any atom is -0.358 e. The molecule has 0 fully saturated rings. The van der Waals surface area contributed by atoms with E-state index in [1.54, 1.807) is 29.7 Å². The molecule has 0 saturated heterocycles. The van der Waals surface area contributed by atoms with E-state index in [1.165, 1.54) is 0 Å². The predicted octanol–water partition coefficient (Wildman–Crippen LogP) is 2.20. The fourth-order valence-corrected chi connectivity index (χ4v) is 2.50. The van der Waals surface area contributed by atoms with Crippen LogP contribution in [0.25, 0.3) is 5.65 Å². The molecule has 0 unspecified atom stereocenters. The van der Waals surface area contributed by atoms with E-state index < -0.39 is 12.2 Å². The summed E-state index contributed by atoms with van der Waals surface area (Å²) < 4.78 is 26.7. The SMILES string of the molecule is CN(CCc1nccs1)c1ccc2nnc(C(F)F)n2n1. The smallest absolute Gasteiger partial charge is 0.299 e. The zero-order chi connectivity index (χ0) is 14.8. The summed E-state index contributed by atoms with van der Waals surface area (Å²) in [6, 6.07) is 3.36. The van der Waals surface area contributed by atoms with Crippen LogP contribution in [0.5, 0.6) is 0 Å². The minimum atomic E-state index is -2.71. The number of alkyl halides is 2. The second-order valence-corrected chi connectivity index (χ2v) is 5.40. The van der Waals surface area contributed by atoms with Gasteiger partial charge in [0.2, 0.25) is 5.82 Å². The first-order valence-electron chi connectivity index (χ1n) is 6.25. The van der Waals surface area contributed by atoms with Crippen molar-refractivity contribution in [2.24, 2.45) is 0 Å². The third-order valence-corrected chi connectivity index (χ3v) is 3.84. The number of nitrogens with zero attached hydrogens (tertiary/aromatic N) is 6. The van der Waals surface area contributed by atoms with Gasteiger partial charge in [0.15, 0.2) is 5.65 Å². The van der Waals surface area contributed by atoms with Crippen LogP contribution in [-0.4, -0.2) is 38.4 Å². The van der Waals surface area contributed by atoms with Crippen LogP contribution >= 0.6 is 11.3 Å². The van der Waals surface area contributed by atoms with Crippen LogP contribution in [0.3, 0.4) is 0 Å². The Morgan fingerprint density at radius 1 is 1.33 bits per heavy atom. The third kappa shape index (κ3) is 2.82. The van der Waals surface area contributed by atoms with Crippen molar-refractivity contribution in [2.75, 3.05) is 18.5 Å². The monoisotopic (exact) mass is 310 g/mol. The van der Waals surface area contributed by atoms with Crippen molar-refractivity contribution >= 4 is 22.8 Å². The molecular weight excluding hydrogens is 298 g/mol. The highest BCUT2D eigenvalue weighted by molar-refractivity contribution is 7.09. The standard InChI is InChI=1S/C12H12F2N6S/c1-19(6-4-10-15-5-7-21-10)9-3-2-8-16-17-12(11(13)14)20(8)18-9/h2-3,5,7,11H,4,6H2,1H3. The minimum absolute atomic E-state index is 0.308. The van der Waals surface area contributed by atoms with E-state index in [-0.39, 0.29) is 0 Å². The third-order valence-electron chi connectivity index (χ3n) is 3.00. The first-order chi connectivity index (χ1) is 10.1. The molecule has 0 saturated carbocycles. The lowest BCUT2D eigenvalue weighted by Gasteiger charge is -2.17. The molecule has 0 aliphatic rings. The summed E-state index contributed by atoms with van der Waals surface area (Å²) in [5.74, 6) is 0.140. The summed E-state index contributed by atoms with van der Waals surface area (Å²) in [6.45, 7) is 0.693. The number of hydrogen-bond donors (Lipinski definition) is 0. The molecule has 9 heteroatoms. The van der Waals surface area contributed by atoms with Crippen molar-refractivity contribution in [3.63, 3.8) is 0 Å². The number of aromatic nitrogens is 5. The van der Waals surface area contributed by atoms with Gasteiger partial charge in [0, 0.05) is 31.6 Å². The number of hydrogen-bond acceptors (Lipinski definition) is 6. The molecule has 0 amide bonds. The fraction of sp³-hybridized carbons (Fsp3) is 0.333. The molecule has 3 aromatic heterocycles. The van der Waals surface area contributed by atoms with Gasteiger partial charge < -0.3 is 4.90 Å². The number of rotatable bonds is 5. The quantitative estimate of drug-likeness (QED) is 0.723. The van der Waals surface area contributed by atoms with E-state index >= 15 is 0 Å². The highest BCUT2D eigenvalue weighted by Crippen LogP contribution is 2.18. The molecule has 6 nitrogen and oxygen atoms in total. The normalized spacial score (nSPS) is 11.4. The molecular formula is C12H12F2N6S. The molecule has 110 valence electrons. The van der Waals surface area contributed by atoms with Crippen LogP contribution in [-0.2, 0) is 6.42 Å². The maximum absolute atomic E-state index is 12.8. The molecule has 0 radical (unpaired) electrons. The van der Waals surface area contributed by atoms with Gasteiger partial charge in [0.25, 0.3) is 6.43 Å². The summed E-state index contributed by atoms with van der Waals surface area (Å²) in [4.78, 5) is 6.09. The van der Waals surface area contributed by atoms with Crippen molar-refractivity contribution in [3.8, 4) is 0 Å². The van der Waals surface area contributed by atoms with Crippen molar-refractivity contribution in [1.29, 1.82) is 0 Å². The molecule has 21 heavy (non-hydrogen) atoms. The summed E-state index contributed by atoms with van der Waals surface area (Å²) in [5, 5.41) is 14.3. The van der Waals surface area contributed by atoms with Gasteiger partial charge in [-0.3, -0.25) is 0 Å². The van der Waals surface area contributed by atoms with Crippen LogP contribution in [0.2, 0.25) is 0 Å². The van der Waals surface area contributed by atoms with Crippen molar-refractivity contribution in [1.82, 2.24) is 24.8 Å². The van der Waals surface area contributed by atoms with Crippen molar-refractivity contribution in [3.05, 3.63) is 34.5 Å². The van der Waals surface area contributed by atoms with E-state index in [4.69, 9.17) is 0 Å². The zero-order valence-electron chi connectivity index (χ0n) is 11.1. The van der Waals surface area contributed by atoms with Gasteiger partial charge in [-0.15, -0.1) is 26.6 Å². The fourth-order valence-electron chi connectivity index (χ4n) is 1.89. The molecule has 0 aliphatic heterocycles. The molecule has 0 spiro atoms. The Kier molecular flexibility index (Phi) is 3.74. The number of fused-ring (bicyclic) bond motifs is 1. The molecule has 0 aromatic carbocycles. The Hall–Kier alpha value is -2.16. The lowest BCUT2D eigenvalue weighted by molar-refractivity contribution is 0.137. The number of halogens is 2. The molecule has 0 aliphatic carbocycles. The summed E-state index contributed by atoms with van der Waals surface area (Å²) in [5.41, 5.74) is 0.308. The number of anilines is 1. The first-order valence-corrected chi connectivity index (χ1v) is 7.13. The Morgan fingerprint density at radius 2 is 2.19 bits per heavy atom. The highest BCUT2D eigenvalue weighted by Gasteiger charge is 2.17. The van der Waals surface area contributed by atoms with Gasteiger partial charge in [-0.2, -0.15) is 4.52 Å². The molecule has 0 N–H and O–H groups in total. The largest absolute Gasteiger partial charge is 0.358 e. The Bertz CT molecular complexity index is 727. The van der Waals surface area contributed by atoms with Gasteiger partial charge in [-0.05, 0) is 12.1 Å². The summed E-state index contributed by atoms with van der Waals surface area (Å²) in [6.07, 6.45) is -0.169. The van der Waals surface area contributed by atoms with Crippen LogP contribution < -0.4 is 4.90 Å². The highest BCUT2D eigenvalue weighted by atomic mass is 32.1. The molecule has 0 atom stereocenters. The maximum Gasteiger partial charge on any atom is 0.299 e. The zero-order valence-corrected chi connectivity index (χ0v) is 12.0. The molecule has 3 heterocycles. The van der Waals surface area contributed by atoms with Gasteiger partial charge in [-0.1, -0.05) is 0 Å². The van der Waals surface area contributed by atoms with Crippen LogP contribution in [0.15, 0.2) is 23.7 Å². The average molecular weight is 310 g/mol. The Labute approximate surface area is 123 Å². The lowest BCUT2D eigenvalue weighted by Crippen LogP contribution is -2.22. The van der Waals surface area contributed by atoms with Gasteiger partial charge in [0.1, 0.15) is 5.82 Å². The van der Waals surface area contributed by atoms with Crippen molar-refractivity contribution in [2.45, 2.75) is 12.8 Å². The second-order valence-electron chi connectivity index (χ2n) is 4.42. The van der Waals surface area contributed by atoms with Crippen molar-refractivity contribution < 1.29 is 8.78 Å². The molecule has 0 bridgehead atoms. The summed E-state index contributed by atoms with van der Waals surface area (Å²) in [7, 11) is 1.86. The van der Waals surface area contributed by atoms with Crippen LogP contribution in [0.1, 0.15) is 17.3 Å². The number of thiazole rings is 1. The predicted molar refractivity (Wildman–Crippen MR) is 74.8 cm³/mol. The Balaban J connectivity index is 1.80. The first kappa shape index (κ1) is 13.8. The van der Waals surface area contributed by atoms with E-state index in [0.29, 0.717) is 18.0 Å². The van der Waals surface area contributed by atoms with E-state index in [0.717, 1.165) is 15.9 Å². The van der Waals surface area contributed by atoms with E-state index in [9.17, 15) is 8.78 Å².